The highest BCUT2D eigenvalue weighted by Gasteiger charge is 2.11. The molecule has 0 fully saturated rings. The number of alkyl halides is 1. The number of anilines is 1. The van der Waals surface area contributed by atoms with Gasteiger partial charge in [0.05, 0.1) is 10.6 Å². The summed E-state index contributed by atoms with van der Waals surface area (Å²) in [7, 11) is -3.61. The van der Waals surface area contributed by atoms with Gasteiger partial charge in [0.25, 0.3) is 0 Å². The standard InChI is InChI=1S/C8H8Cl2N2O3S/c9-4-16(14,15)12-5-1-2-7(10)6(3-5)8(11)13/h1-3,12H,4H2,(H2,11,13). The van der Waals surface area contributed by atoms with Gasteiger partial charge in [0.15, 0.2) is 0 Å². The van der Waals surface area contributed by atoms with E-state index in [4.69, 9.17) is 28.9 Å². The SMILES string of the molecule is NC(=O)c1cc(NS(=O)(=O)CCl)ccc1Cl. The van der Waals surface area contributed by atoms with Crippen molar-refractivity contribution in [3.63, 3.8) is 0 Å². The van der Waals surface area contributed by atoms with Crippen LogP contribution in [0.2, 0.25) is 5.02 Å². The van der Waals surface area contributed by atoms with Crippen molar-refractivity contribution in [2.45, 2.75) is 0 Å². The lowest BCUT2D eigenvalue weighted by Crippen LogP contribution is -2.15. The Kier molecular flexibility index (Phi) is 4.01. The van der Waals surface area contributed by atoms with Crippen molar-refractivity contribution in [1.29, 1.82) is 0 Å². The van der Waals surface area contributed by atoms with Crippen molar-refractivity contribution < 1.29 is 13.2 Å². The molecule has 0 unspecified atom stereocenters. The third-order valence-electron chi connectivity index (χ3n) is 1.65. The van der Waals surface area contributed by atoms with Crippen molar-refractivity contribution in [2.24, 2.45) is 5.73 Å². The maximum Gasteiger partial charge on any atom is 0.250 e. The largest absolute Gasteiger partial charge is 0.366 e. The first-order chi connectivity index (χ1) is 7.35. The van der Waals surface area contributed by atoms with Crippen LogP contribution in [0.1, 0.15) is 10.4 Å². The van der Waals surface area contributed by atoms with E-state index in [1.54, 1.807) is 0 Å². The van der Waals surface area contributed by atoms with Crippen LogP contribution in [-0.2, 0) is 10.0 Å². The van der Waals surface area contributed by atoms with Gasteiger partial charge in [-0.3, -0.25) is 9.52 Å². The van der Waals surface area contributed by atoms with Crippen LogP contribution in [-0.4, -0.2) is 19.5 Å². The summed E-state index contributed by atoms with van der Waals surface area (Å²) in [5, 5.41) is -0.428. The molecule has 1 rings (SSSR count). The molecule has 1 aromatic rings. The number of amides is 1. The summed E-state index contributed by atoms with van der Waals surface area (Å²) >= 11 is 10.9. The van der Waals surface area contributed by atoms with Gasteiger partial charge in [0.2, 0.25) is 15.9 Å². The molecule has 8 heteroatoms. The van der Waals surface area contributed by atoms with E-state index in [1.165, 1.54) is 18.2 Å². The Labute approximate surface area is 103 Å². The van der Waals surface area contributed by atoms with Gasteiger partial charge in [0, 0.05) is 5.69 Å². The van der Waals surface area contributed by atoms with Crippen LogP contribution in [0.3, 0.4) is 0 Å². The van der Waals surface area contributed by atoms with E-state index < -0.39 is 21.1 Å². The first-order valence-electron chi connectivity index (χ1n) is 4.01. The van der Waals surface area contributed by atoms with Crippen LogP contribution >= 0.6 is 23.2 Å². The second-order valence-corrected chi connectivity index (χ2v) is 5.60. The highest BCUT2D eigenvalue weighted by molar-refractivity contribution is 7.93. The van der Waals surface area contributed by atoms with Gasteiger partial charge in [-0.05, 0) is 18.2 Å². The number of benzene rings is 1. The van der Waals surface area contributed by atoms with E-state index in [-0.39, 0.29) is 16.3 Å². The summed E-state index contributed by atoms with van der Waals surface area (Å²) in [6.07, 6.45) is 0. The van der Waals surface area contributed by atoms with Crippen molar-refractivity contribution in [3.05, 3.63) is 28.8 Å². The number of nitrogens with two attached hydrogens (primary N) is 1. The zero-order valence-electron chi connectivity index (χ0n) is 7.91. The molecule has 3 N–H and O–H groups in total. The lowest BCUT2D eigenvalue weighted by atomic mass is 10.2. The van der Waals surface area contributed by atoms with E-state index in [0.717, 1.165) is 0 Å². The highest BCUT2D eigenvalue weighted by atomic mass is 35.5. The van der Waals surface area contributed by atoms with Gasteiger partial charge in [-0.1, -0.05) is 11.6 Å². The lowest BCUT2D eigenvalue weighted by Gasteiger charge is -2.07. The number of carbonyl (C=O) groups is 1. The van der Waals surface area contributed by atoms with Crippen molar-refractivity contribution in [3.8, 4) is 0 Å². The number of hydrogen-bond donors (Lipinski definition) is 2. The Morgan fingerprint density at radius 2 is 2.06 bits per heavy atom. The Bertz CT molecular complexity index is 516. The number of primary amides is 1. The van der Waals surface area contributed by atoms with Crippen molar-refractivity contribution >= 4 is 44.8 Å². The van der Waals surface area contributed by atoms with Crippen LogP contribution < -0.4 is 10.5 Å². The molecular formula is C8H8Cl2N2O3S. The number of nitrogens with one attached hydrogen (secondary N) is 1. The van der Waals surface area contributed by atoms with Gasteiger partial charge in [0.1, 0.15) is 5.21 Å². The fourth-order valence-electron chi connectivity index (χ4n) is 0.984. The summed E-state index contributed by atoms with van der Waals surface area (Å²) in [6, 6.07) is 4.02. The average Bonchev–Trinajstić information content (AvgIpc) is 2.20. The first kappa shape index (κ1) is 13.1. The smallest absolute Gasteiger partial charge is 0.250 e. The molecule has 88 valence electrons. The molecular weight excluding hydrogens is 275 g/mol. The minimum atomic E-state index is -3.61. The Balaban J connectivity index is 3.09. The van der Waals surface area contributed by atoms with Gasteiger partial charge >= 0.3 is 0 Å². The molecule has 0 saturated carbocycles. The second kappa shape index (κ2) is 4.90. The molecule has 0 aliphatic rings. The number of carbonyl (C=O) groups excluding carboxylic acids is 1. The molecule has 0 spiro atoms. The van der Waals surface area contributed by atoms with E-state index in [2.05, 4.69) is 4.72 Å². The predicted octanol–water partition coefficient (Wildman–Crippen LogP) is 1.38. The van der Waals surface area contributed by atoms with E-state index in [1.807, 2.05) is 0 Å². The fourth-order valence-corrected chi connectivity index (χ4v) is 1.90. The molecule has 0 bridgehead atoms. The maximum atomic E-state index is 11.1. The van der Waals surface area contributed by atoms with E-state index in [0.29, 0.717) is 0 Å². The number of sulfonamides is 1. The Morgan fingerprint density at radius 3 is 2.56 bits per heavy atom. The first-order valence-corrected chi connectivity index (χ1v) is 6.58. The molecule has 1 aromatic carbocycles. The zero-order valence-corrected chi connectivity index (χ0v) is 10.2. The molecule has 5 nitrogen and oxygen atoms in total. The molecule has 1 amide bonds. The summed E-state index contributed by atoms with van der Waals surface area (Å²) in [5.74, 6) is -0.739. The normalized spacial score (nSPS) is 11.1. The second-order valence-electron chi connectivity index (χ2n) is 2.88. The molecule has 0 aliphatic carbocycles. The lowest BCUT2D eigenvalue weighted by molar-refractivity contribution is 0.100. The van der Waals surface area contributed by atoms with Crippen LogP contribution in [0, 0.1) is 0 Å². The monoisotopic (exact) mass is 282 g/mol. The summed E-state index contributed by atoms with van der Waals surface area (Å²) in [4.78, 5) is 10.9. The van der Waals surface area contributed by atoms with Crippen LogP contribution in [0.25, 0.3) is 0 Å². The third kappa shape index (κ3) is 3.26. The zero-order chi connectivity index (χ0) is 12.3. The van der Waals surface area contributed by atoms with E-state index >= 15 is 0 Å². The predicted molar refractivity (Wildman–Crippen MR) is 63.2 cm³/mol. The average molecular weight is 283 g/mol. The maximum absolute atomic E-state index is 11.1. The summed E-state index contributed by atoms with van der Waals surface area (Å²) in [6.45, 7) is 0. The van der Waals surface area contributed by atoms with Gasteiger partial charge in [-0.2, -0.15) is 0 Å². The molecule has 0 radical (unpaired) electrons. The molecule has 16 heavy (non-hydrogen) atoms. The van der Waals surface area contributed by atoms with Crippen LogP contribution in [0.15, 0.2) is 18.2 Å². The minimum absolute atomic E-state index is 0.0384. The van der Waals surface area contributed by atoms with Gasteiger partial charge < -0.3 is 5.73 Å². The highest BCUT2D eigenvalue weighted by Crippen LogP contribution is 2.21. The van der Waals surface area contributed by atoms with Crippen LogP contribution in [0.4, 0.5) is 5.69 Å². The quantitative estimate of drug-likeness (QED) is 0.818. The van der Waals surface area contributed by atoms with Crippen molar-refractivity contribution in [1.82, 2.24) is 0 Å². The van der Waals surface area contributed by atoms with Gasteiger partial charge in [-0.25, -0.2) is 8.42 Å². The number of rotatable bonds is 4. The molecule has 0 aliphatic heterocycles. The summed E-state index contributed by atoms with van der Waals surface area (Å²) < 4.78 is 24.4. The minimum Gasteiger partial charge on any atom is -0.366 e. The number of halogens is 2. The van der Waals surface area contributed by atoms with E-state index in [9.17, 15) is 13.2 Å². The summed E-state index contributed by atoms with van der Waals surface area (Å²) in [5.41, 5.74) is 5.27. The third-order valence-corrected chi connectivity index (χ3v) is 3.67. The topological polar surface area (TPSA) is 89.3 Å². The molecule has 0 atom stereocenters. The fraction of sp³-hybridized carbons (Fsp3) is 0.125. The molecule has 0 saturated heterocycles. The molecule has 0 aromatic heterocycles. The van der Waals surface area contributed by atoms with Gasteiger partial charge in [-0.15, -0.1) is 11.6 Å². The van der Waals surface area contributed by atoms with Crippen LogP contribution in [0.5, 0.6) is 0 Å². The Hall–Kier alpha value is -0.980. The number of hydrogen-bond acceptors (Lipinski definition) is 3. The Morgan fingerprint density at radius 1 is 1.44 bits per heavy atom. The van der Waals surface area contributed by atoms with Crippen molar-refractivity contribution in [2.75, 3.05) is 9.93 Å². The molecule has 0 heterocycles.